The molecule has 2 aromatic rings. The molecule has 0 saturated heterocycles. The zero-order valence-corrected chi connectivity index (χ0v) is 15.1. The molecule has 24 heavy (non-hydrogen) atoms. The van der Waals surface area contributed by atoms with Gasteiger partial charge in [-0.25, -0.2) is 8.42 Å². The van der Waals surface area contributed by atoms with Crippen molar-refractivity contribution in [2.24, 2.45) is 0 Å². The molecule has 1 aromatic carbocycles. The monoisotopic (exact) mass is 371 g/mol. The molecule has 0 aliphatic rings. The number of nitrogens with zero attached hydrogens (tertiary/aromatic N) is 2. The quantitative estimate of drug-likeness (QED) is 0.842. The van der Waals surface area contributed by atoms with Crippen LogP contribution in [0.15, 0.2) is 28.8 Å². The van der Waals surface area contributed by atoms with Crippen LogP contribution in [0.25, 0.3) is 0 Å². The SMILES string of the molecule is Cc1cc(N(CCC(=O)Nc2ccc(C)c(Cl)c2)S(C)(=O)=O)no1. The number of aryl methyl sites for hydroxylation is 2. The molecule has 0 bridgehead atoms. The number of carbonyl (C=O) groups is 1. The summed E-state index contributed by atoms with van der Waals surface area (Å²) in [6.07, 6.45) is 1.01. The lowest BCUT2D eigenvalue weighted by Gasteiger charge is -2.18. The molecule has 0 atom stereocenters. The summed E-state index contributed by atoms with van der Waals surface area (Å²) in [6.45, 7) is 3.47. The van der Waals surface area contributed by atoms with Crippen molar-refractivity contribution < 1.29 is 17.7 Å². The third-order valence-corrected chi connectivity index (χ3v) is 4.85. The summed E-state index contributed by atoms with van der Waals surface area (Å²) in [5.74, 6) is 0.308. The minimum atomic E-state index is -3.58. The van der Waals surface area contributed by atoms with E-state index in [1.807, 2.05) is 6.92 Å². The molecular formula is C15H18ClN3O4S. The lowest BCUT2D eigenvalue weighted by atomic mass is 10.2. The summed E-state index contributed by atoms with van der Waals surface area (Å²) in [7, 11) is -3.58. The summed E-state index contributed by atoms with van der Waals surface area (Å²) >= 11 is 6.01. The van der Waals surface area contributed by atoms with E-state index in [0.29, 0.717) is 16.5 Å². The van der Waals surface area contributed by atoms with Gasteiger partial charge in [-0.3, -0.25) is 9.10 Å². The second kappa shape index (κ2) is 7.23. The number of hydrogen-bond acceptors (Lipinski definition) is 5. The van der Waals surface area contributed by atoms with Crippen molar-refractivity contribution in [1.29, 1.82) is 0 Å². The Balaban J connectivity index is 2.03. The molecule has 0 unspecified atom stereocenters. The van der Waals surface area contributed by atoms with Gasteiger partial charge in [-0.15, -0.1) is 0 Å². The summed E-state index contributed by atoms with van der Waals surface area (Å²) < 4.78 is 29.7. The molecule has 7 nitrogen and oxygen atoms in total. The van der Waals surface area contributed by atoms with Crippen molar-refractivity contribution in [3.63, 3.8) is 0 Å². The topological polar surface area (TPSA) is 92.5 Å². The number of benzene rings is 1. The molecule has 1 amide bonds. The van der Waals surface area contributed by atoms with Gasteiger partial charge in [0.05, 0.1) is 6.26 Å². The number of amides is 1. The highest BCUT2D eigenvalue weighted by atomic mass is 35.5. The number of aromatic nitrogens is 1. The number of nitrogens with one attached hydrogen (secondary N) is 1. The highest BCUT2D eigenvalue weighted by molar-refractivity contribution is 7.92. The molecule has 0 fully saturated rings. The fourth-order valence-electron chi connectivity index (χ4n) is 2.02. The zero-order valence-electron chi connectivity index (χ0n) is 13.5. The van der Waals surface area contributed by atoms with Gasteiger partial charge in [-0.05, 0) is 31.5 Å². The number of anilines is 2. The van der Waals surface area contributed by atoms with E-state index in [-0.39, 0.29) is 24.7 Å². The van der Waals surface area contributed by atoms with Crippen molar-refractivity contribution in [3.8, 4) is 0 Å². The number of halogens is 1. The second-order valence-corrected chi connectivity index (χ2v) is 7.71. The van der Waals surface area contributed by atoms with Crippen LogP contribution < -0.4 is 9.62 Å². The van der Waals surface area contributed by atoms with E-state index in [2.05, 4.69) is 10.5 Å². The predicted molar refractivity (Wildman–Crippen MR) is 92.9 cm³/mol. The van der Waals surface area contributed by atoms with Crippen molar-refractivity contribution in [2.45, 2.75) is 20.3 Å². The third-order valence-electron chi connectivity index (χ3n) is 3.27. The minimum absolute atomic E-state index is 0.0372. The maximum absolute atomic E-state index is 12.1. The molecule has 0 radical (unpaired) electrons. The van der Waals surface area contributed by atoms with Crippen molar-refractivity contribution >= 4 is 39.0 Å². The summed E-state index contributed by atoms with van der Waals surface area (Å²) in [4.78, 5) is 12.1. The van der Waals surface area contributed by atoms with Crippen LogP contribution in [0, 0.1) is 13.8 Å². The van der Waals surface area contributed by atoms with E-state index in [9.17, 15) is 13.2 Å². The Bertz CT molecular complexity index is 848. The van der Waals surface area contributed by atoms with Gasteiger partial charge in [0.25, 0.3) is 0 Å². The van der Waals surface area contributed by atoms with Gasteiger partial charge in [0.1, 0.15) is 5.76 Å². The normalized spacial score (nSPS) is 11.3. The Morgan fingerprint density at radius 1 is 1.33 bits per heavy atom. The van der Waals surface area contributed by atoms with Gasteiger partial charge in [0.15, 0.2) is 5.82 Å². The molecule has 2 rings (SSSR count). The van der Waals surface area contributed by atoms with Crippen LogP contribution in [-0.2, 0) is 14.8 Å². The van der Waals surface area contributed by atoms with Crippen molar-refractivity contribution in [1.82, 2.24) is 5.16 Å². The van der Waals surface area contributed by atoms with Gasteiger partial charge in [0, 0.05) is 29.7 Å². The Morgan fingerprint density at radius 3 is 2.58 bits per heavy atom. The van der Waals surface area contributed by atoms with Crippen LogP contribution in [0.3, 0.4) is 0 Å². The van der Waals surface area contributed by atoms with E-state index in [4.69, 9.17) is 16.1 Å². The molecule has 0 aliphatic heterocycles. The Morgan fingerprint density at radius 2 is 2.04 bits per heavy atom. The first-order chi connectivity index (χ1) is 11.2. The Labute approximate surface area is 145 Å². The van der Waals surface area contributed by atoms with Gasteiger partial charge in [-0.2, -0.15) is 0 Å². The highest BCUT2D eigenvalue weighted by Crippen LogP contribution is 2.21. The van der Waals surface area contributed by atoms with E-state index >= 15 is 0 Å². The maximum Gasteiger partial charge on any atom is 0.233 e. The largest absolute Gasteiger partial charge is 0.360 e. The highest BCUT2D eigenvalue weighted by Gasteiger charge is 2.21. The number of carbonyl (C=O) groups excluding carboxylic acids is 1. The van der Waals surface area contributed by atoms with Gasteiger partial charge in [-0.1, -0.05) is 22.8 Å². The van der Waals surface area contributed by atoms with E-state index < -0.39 is 10.0 Å². The maximum atomic E-state index is 12.1. The second-order valence-electron chi connectivity index (χ2n) is 5.39. The molecule has 0 saturated carbocycles. The van der Waals surface area contributed by atoms with Crippen LogP contribution in [0.2, 0.25) is 5.02 Å². The molecular weight excluding hydrogens is 354 g/mol. The average Bonchev–Trinajstić information content (AvgIpc) is 2.88. The molecule has 1 heterocycles. The van der Waals surface area contributed by atoms with Crippen LogP contribution in [0.1, 0.15) is 17.7 Å². The number of sulfonamides is 1. The summed E-state index contributed by atoms with van der Waals surface area (Å²) in [5.41, 5.74) is 1.46. The molecule has 130 valence electrons. The Hall–Kier alpha value is -2.06. The smallest absolute Gasteiger partial charge is 0.233 e. The summed E-state index contributed by atoms with van der Waals surface area (Å²) in [5, 5.41) is 6.92. The predicted octanol–water partition coefficient (Wildman–Crippen LogP) is 2.74. The lowest BCUT2D eigenvalue weighted by Crippen LogP contribution is -2.33. The molecule has 1 aromatic heterocycles. The zero-order chi connectivity index (χ0) is 17.9. The lowest BCUT2D eigenvalue weighted by molar-refractivity contribution is -0.116. The van der Waals surface area contributed by atoms with E-state index in [0.717, 1.165) is 16.1 Å². The third kappa shape index (κ3) is 4.72. The minimum Gasteiger partial charge on any atom is -0.360 e. The fourth-order valence-corrected chi connectivity index (χ4v) is 3.05. The van der Waals surface area contributed by atoms with E-state index in [1.54, 1.807) is 25.1 Å². The average molecular weight is 372 g/mol. The van der Waals surface area contributed by atoms with Gasteiger partial charge in [0.2, 0.25) is 15.9 Å². The van der Waals surface area contributed by atoms with Gasteiger partial charge >= 0.3 is 0 Å². The molecule has 9 heteroatoms. The Kier molecular flexibility index (Phi) is 5.51. The van der Waals surface area contributed by atoms with Crippen LogP contribution in [0.4, 0.5) is 11.5 Å². The van der Waals surface area contributed by atoms with Crippen molar-refractivity contribution in [2.75, 3.05) is 22.4 Å². The number of hydrogen-bond donors (Lipinski definition) is 1. The van der Waals surface area contributed by atoms with E-state index in [1.165, 1.54) is 6.07 Å². The van der Waals surface area contributed by atoms with Crippen LogP contribution in [0.5, 0.6) is 0 Å². The molecule has 0 aliphatic carbocycles. The van der Waals surface area contributed by atoms with Gasteiger partial charge < -0.3 is 9.84 Å². The number of rotatable bonds is 6. The fraction of sp³-hybridized carbons (Fsp3) is 0.333. The standard InChI is InChI=1S/C15H18ClN3O4S/c1-10-4-5-12(9-13(10)16)17-15(20)6-7-19(24(3,21)22)14-8-11(2)23-18-14/h4-5,8-9H,6-7H2,1-3H3,(H,17,20). The molecule has 1 N–H and O–H groups in total. The first-order valence-electron chi connectivity index (χ1n) is 7.14. The first-order valence-corrected chi connectivity index (χ1v) is 9.36. The van der Waals surface area contributed by atoms with Crippen LogP contribution >= 0.6 is 11.6 Å². The van der Waals surface area contributed by atoms with Crippen molar-refractivity contribution in [3.05, 3.63) is 40.6 Å². The molecule has 0 spiro atoms. The first kappa shape index (κ1) is 18.3. The van der Waals surface area contributed by atoms with Crippen LogP contribution in [-0.4, -0.2) is 32.3 Å². The summed E-state index contributed by atoms with van der Waals surface area (Å²) in [6, 6.07) is 6.66.